The van der Waals surface area contributed by atoms with E-state index >= 15 is 0 Å². The third-order valence-corrected chi connectivity index (χ3v) is 2.84. The molecule has 1 fully saturated rings. The van der Waals surface area contributed by atoms with Gasteiger partial charge in [-0.3, -0.25) is 10.2 Å². The van der Waals surface area contributed by atoms with Crippen LogP contribution in [0.4, 0.5) is 0 Å². The molecule has 1 aliphatic rings. The molecule has 2 rings (SSSR count). The first-order chi connectivity index (χ1) is 7.29. The molecule has 6 nitrogen and oxygen atoms in total. The summed E-state index contributed by atoms with van der Waals surface area (Å²) in [6.07, 6.45) is 0.165. The summed E-state index contributed by atoms with van der Waals surface area (Å²) in [6, 6.07) is 0. The number of hydrogen-bond donors (Lipinski definition) is 2. The number of carbonyl (C=O) groups is 1. The molecule has 1 aliphatic heterocycles. The van der Waals surface area contributed by atoms with E-state index in [0.717, 1.165) is 5.69 Å². The molecule has 1 aromatic heterocycles. The molecule has 1 saturated heterocycles. The van der Waals surface area contributed by atoms with Gasteiger partial charge in [0.05, 0.1) is 25.5 Å². The summed E-state index contributed by atoms with van der Waals surface area (Å²) in [7, 11) is 0. The zero-order valence-corrected chi connectivity index (χ0v) is 8.75. The lowest BCUT2D eigenvalue weighted by atomic mass is 10.3. The van der Waals surface area contributed by atoms with Crippen LogP contribution in [0.3, 0.4) is 0 Å². The summed E-state index contributed by atoms with van der Waals surface area (Å²) in [5, 5.41) is 2.13. The highest BCUT2D eigenvalue weighted by Crippen LogP contribution is 2.13. The lowest BCUT2D eigenvalue weighted by Crippen LogP contribution is -2.35. The number of nitrogens with zero attached hydrogens (tertiary/aromatic N) is 1. The molecule has 0 unspecified atom stereocenters. The number of hydrazine groups is 1. The van der Waals surface area contributed by atoms with Crippen molar-refractivity contribution in [1.82, 2.24) is 10.4 Å². The van der Waals surface area contributed by atoms with Gasteiger partial charge in [0.1, 0.15) is 6.10 Å². The van der Waals surface area contributed by atoms with E-state index in [0.29, 0.717) is 24.8 Å². The Labute approximate surface area is 90.4 Å². The summed E-state index contributed by atoms with van der Waals surface area (Å²) in [4.78, 5) is 15.2. The molecular weight excluding hydrogens is 218 g/mol. The highest BCUT2D eigenvalue weighted by atomic mass is 32.1. The molecule has 0 aromatic carbocycles. The second-order valence-electron chi connectivity index (χ2n) is 3.09. The van der Waals surface area contributed by atoms with Gasteiger partial charge in [0.2, 0.25) is 0 Å². The SMILES string of the molecule is NNC(=O)c1nc(COC2COC2)cs1. The van der Waals surface area contributed by atoms with Crippen LogP contribution < -0.4 is 11.3 Å². The van der Waals surface area contributed by atoms with Crippen LogP contribution in [0.5, 0.6) is 0 Å². The van der Waals surface area contributed by atoms with Gasteiger partial charge in [0, 0.05) is 5.38 Å². The zero-order chi connectivity index (χ0) is 10.7. The van der Waals surface area contributed by atoms with Crippen molar-refractivity contribution in [2.45, 2.75) is 12.7 Å². The van der Waals surface area contributed by atoms with E-state index in [9.17, 15) is 4.79 Å². The third kappa shape index (κ3) is 2.51. The first-order valence-electron chi connectivity index (χ1n) is 4.44. The number of carbonyl (C=O) groups excluding carboxylic acids is 1. The topological polar surface area (TPSA) is 86.5 Å². The normalized spacial score (nSPS) is 16.1. The van der Waals surface area contributed by atoms with Crippen molar-refractivity contribution in [1.29, 1.82) is 0 Å². The van der Waals surface area contributed by atoms with E-state index in [1.807, 2.05) is 5.43 Å². The Morgan fingerprint density at radius 1 is 1.80 bits per heavy atom. The molecule has 0 atom stereocenters. The molecule has 3 N–H and O–H groups in total. The standard InChI is InChI=1S/C8H11N3O3S/c9-11-7(12)8-10-5(4-15-8)1-14-6-2-13-3-6/h4,6H,1-3,9H2,(H,11,12). The first-order valence-corrected chi connectivity index (χ1v) is 5.32. The monoisotopic (exact) mass is 229 g/mol. The van der Waals surface area contributed by atoms with Crippen LogP contribution in [0.2, 0.25) is 0 Å². The van der Waals surface area contributed by atoms with Crippen LogP contribution in [0, 0.1) is 0 Å². The van der Waals surface area contributed by atoms with Gasteiger partial charge in [-0.25, -0.2) is 10.8 Å². The number of hydrogen-bond acceptors (Lipinski definition) is 6. The van der Waals surface area contributed by atoms with Crippen molar-refractivity contribution in [2.75, 3.05) is 13.2 Å². The van der Waals surface area contributed by atoms with Crippen molar-refractivity contribution in [3.05, 3.63) is 16.1 Å². The van der Waals surface area contributed by atoms with Crippen LogP contribution in [0.15, 0.2) is 5.38 Å². The lowest BCUT2D eigenvalue weighted by molar-refractivity contribution is -0.135. The van der Waals surface area contributed by atoms with Crippen molar-refractivity contribution >= 4 is 17.2 Å². The maximum Gasteiger partial charge on any atom is 0.294 e. The average molecular weight is 229 g/mol. The van der Waals surface area contributed by atoms with Gasteiger partial charge in [-0.15, -0.1) is 11.3 Å². The van der Waals surface area contributed by atoms with Crippen LogP contribution in [-0.4, -0.2) is 30.2 Å². The molecule has 0 saturated carbocycles. The minimum atomic E-state index is -0.377. The summed E-state index contributed by atoms with van der Waals surface area (Å²) in [5.74, 6) is 4.61. The first kappa shape index (κ1) is 10.5. The number of nitrogen functional groups attached to an aromatic ring is 1. The Bertz CT molecular complexity index is 351. The third-order valence-electron chi connectivity index (χ3n) is 1.95. The zero-order valence-electron chi connectivity index (χ0n) is 7.93. The van der Waals surface area contributed by atoms with E-state index in [1.54, 1.807) is 5.38 Å². The van der Waals surface area contributed by atoms with Crippen LogP contribution >= 0.6 is 11.3 Å². The second kappa shape index (κ2) is 4.67. The van der Waals surface area contributed by atoms with E-state index in [1.165, 1.54) is 11.3 Å². The molecular formula is C8H11N3O3S. The van der Waals surface area contributed by atoms with Crippen molar-refractivity contribution in [3.8, 4) is 0 Å². The maximum absolute atomic E-state index is 11.1. The smallest absolute Gasteiger partial charge is 0.294 e. The molecule has 2 heterocycles. The second-order valence-corrected chi connectivity index (χ2v) is 3.95. The minimum Gasteiger partial charge on any atom is -0.376 e. The molecule has 0 aliphatic carbocycles. The number of nitrogens with two attached hydrogens (primary N) is 1. The van der Waals surface area contributed by atoms with Gasteiger partial charge < -0.3 is 9.47 Å². The summed E-state index contributed by atoms with van der Waals surface area (Å²) < 4.78 is 10.4. The largest absolute Gasteiger partial charge is 0.376 e. The van der Waals surface area contributed by atoms with E-state index < -0.39 is 0 Å². The average Bonchev–Trinajstić information content (AvgIpc) is 2.63. The number of aromatic nitrogens is 1. The molecule has 0 bridgehead atoms. The molecule has 0 radical (unpaired) electrons. The molecule has 1 aromatic rings. The van der Waals surface area contributed by atoms with Crippen molar-refractivity contribution < 1.29 is 14.3 Å². The minimum absolute atomic E-state index is 0.165. The molecule has 7 heteroatoms. The summed E-state index contributed by atoms with van der Waals surface area (Å²) in [5.41, 5.74) is 2.77. The number of nitrogens with one attached hydrogen (secondary N) is 1. The Hall–Kier alpha value is -1.02. The fourth-order valence-electron chi connectivity index (χ4n) is 1.05. The van der Waals surface area contributed by atoms with E-state index in [4.69, 9.17) is 15.3 Å². The number of thiazole rings is 1. The number of rotatable bonds is 4. The fraction of sp³-hybridized carbons (Fsp3) is 0.500. The molecule has 0 spiro atoms. The van der Waals surface area contributed by atoms with Gasteiger partial charge >= 0.3 is 0 Å². The lowest BCUT2D eigenvalue weighted by Gasteiger charge is -2.25. The van der Waals surface area contributed by atoms with Gasteiger partial charge in [-0.05, 0) is 0 Å². The predicted molar refractivity (Wildman–Crippen MR) is 53.2 cm³/mol. The van der Waals surface area contributed by atoms with Crippen molar-refractivity contribution in [3.63, 3.8) is 0 Å². The fourth-order valence-corrected chi connectivity index (χ4v) is 1.76. The van der Waals surface area contributed by atoms with Crippen LogP contribution in [0.25, 0.3) is 0 Å². The molecule has 15 heavy (non-hydrogen) atoms. The highest BCUT2D eigenvalue weighted by Gasteiger charge is 2.19. The van der Waals surface area contributed by atoms with Gasteiger partial charge in [-0.2, -0.15) is 0 Å². The molecule has 82 valence electrons. The summed E-state index contributed by atoms with van der Waals surface area (Å²) in [6.45, 7) is 1.68. The van der Waals surface area contributed by atoms with E-state index in [-0.39, 0.29) is 12.0 Å². The Kier molecular flexibility index (Phi) is 3.27. The predicted octanol–water partition coefficient (Wildman–Crippen LogP) is -0.338. The van der Waals surface area contributed by atoms with Crippen LogP contribution in [0.1, 0.15) is 15.5 Å². The number of amides is 1. The van der Waals surface area contributed by atoms with Gasteiger partial charge in [-0.1, -0.05) is 0 Å². The van der Waals surface area contributed by atoms with Gasteiger partial charge in [0.15, 0.2) is 5.01 Å². The quantitative estimate of drug-likeness (QED) is 0.419. The van der Waals surface area contributed by atoms with E-state index in [2.05, 4.69) is 4.98 Å². The Morgan fingerprint density at radius 3 is 3.20 bits per heavy atom. The summed E-state index contributed by atoms with van der Waals surface area (Å²) >= 11 is 1.25. The number of ether oxygens (including phenoxy) is 2. The van der Waals surface area contributed by atoms with Crippen molar-refractivity contribution in [2.24, 2.45) is 5.84 Å². The highest BCUT2D eigenvalue weighted by molar-refractivity contribution is 7.11. The Balaban J connectivity index is 1.86. The Morgan fingerprint density at radius 2 is 2.60 bits per heavy atom. The molecule has 1 amide bonds. The van der Waals surface area contributed by atoms with Gasteiger partial charge in [0.25, 0.3) is 5.91 Å². The maximum atomic E-state index is 11.1. The van der Waals surface area contributed by atoms with Crippen LogP contribution in [-0.2, 0) is 16.1 Å².